The Morgan fingerprint density at radius 1 is 0.853 bits per heavy atom. The monoisotopic (exact) mass is 485 g/mol. The number of piperazine rings is 1. The van der Waals surface area contributed by atoms with Gasteiger partial charge in [-0.15, -0.1) is 0 Å². The lowest BCUT2D eigenvalue weighted by atomic mass is 10.1. The van der Waals surface area contributed by atoms with E-state index in [0.29, 0.717) is 43.2 Å². The molecule has 3 aliphatic heterocycles. The van der Waals surface area contributed by atoms with Crippen LogP contribution in [0.25, 0.3) is 0 Å². The van der Waals surface area contributed by atoms with E-state index in [0.717, 1.165) is 18.5 Å². The summed E-state index contributed by atoms with van der Waals surface area (Å²) in [5, 5.41) is 0. The van der Waals surface area contributed by atoms with E-state index in [1.54, 1.807) is 34.1 Å². The molecule has 180 valence electrons. The first-order chi connectivity index (χ1) is 16.4. The second-order valence-corrected chi connectivity index (χ2v) is 10.5. The lowest BCUT2D eigenvalue weighted by Gasteiger charge is -2.34. The molecule has 2 amide bonds. The second kappa shape index (κ2) is 9.27. The molecule has 0 atom stereocenters. The molecule has 0 radical (unpaired) electrons. The summed E-state index contributed by atoms with van der Waals surface area (Å²) in [5.74, 6) is 0.882. The summed E-state index contributed by atoms with van der Waals surface area (Å²) >= 11 is 0. The molecule has 0 unspecified atom stereocenters. The summed E-state index contributed by atoms with van der Waals surface area (Å²) in [4.78, 5) is 28.7. The molecule has 0 saturated carbocycles. The van der Waals surface area contributed by atoms with Gasteiger partial charge in [-0.25, -0.2) is 8.42 Å². The number of hydrogen-bond acceptors (Lipinski definition) is 6. The normalized spacial score (nSPS) is 19.2. The Morgan fingerprint density at radius 2 is 1.62 bits per heavy atom. The van der Waals surface area contributed by atoms with Gasteiger partial charge in [-0.1, -0.05) is 6.07 Å². The molecule has 9 nitrogen and oxygen atoms in total. The number of carbonyl (C=O) groups is 2. The predicted octanol–water partition coefficient (Wildman–Crippen LogP) is 2.12. The molecule has 0 bridgehead atoms. The van der Waals surface area contributed by atoms with Gasteiger partial charge in [-0.3, -0.25) is 9.59 Å². The number of hydrogen-bond donors (Lipinski definition) is 0. The van der Waals surface area contributed by atoms with Crippen LogP contribution in [-0.4, -0.2) is 75.4 Å². The summed E-state index contributed by atoms with van der Waals surface area (Å²) < 4.78 is 39.1. The third kappa shape index (κ3) is 4.35. The lowest BCUT2D eigenvalue weighted by Crippen LogP contribution is -2.50. The highest BCUT2D eigenvalue weighted by atomic mass is 32.2. The third-order valence-electron chi connectivity index (χ3n) is 6.36. The maximum absolute atomic E-state index is 13.2. The highest BCUT2D eigenvalue weighted by molar-refractivity contribution is 7.89. The van der Waals surface area contributed by atoms with Crippen LogP contribution in [0, 0.1) is 0 Å². The van der Waals surface area contributed by atoms with Gasteiger partial charge in [-0.2, -0.15) is 4.31 Å². The van der Waals surface area contributed by atoms with Gasteiger partial charge in [0.05, 0.1) is 18.1 Å². The van der Waals surface area contributed by atoms with Crippen LogP contribution in [0.4, 0.5) is 5.69 Å². The number of rotatable bonds is 4. The van der Waals surface area contributed by atoms with E-state index in [1.807, 2.05) is 6.07 Å². The average molecular weight is 486 g/mol. The summed E-state index contributed by atoms with van der Waals surface area (Å²) in [5.41, 5.74) is 1.22. The number of sulfonamides is 1. The smallest absolute Gasteiger partial charge is 0.254 e. The van der Waals surface area contributed by atoms with Crippen molar-refractivity contribution in [3.63, 3.8) is 0 Å². The van der Waals surface area contributed by atoms with Crippen LogP contribution >= 0.6 is 0 Å². The minimum absolute atomic E-state index is 0.0678. The fourth-order valence-corrected chi connectivity index (χ4v) is 5.93. The molecule has 2 aromatic carbocycles. The van der Waals surface area contributed by atoms with Crippen molar-refractivity contribution in [1.29, 1.82) is 0 Å². The number of carbonyl (C=O) groups excluding carboxylic acids is 2. The zero-order valence-electron chi connectivity index (χ0n) is 18.8. The Hall–Kier alpha value is -3.11. The molecule has 34 heavy (non-hydrogen) atoms. The van der Waals surface area contributed by atoms with Crippen molar-refractivity contribution in [2.45, 2.75) is 24.2 Å². The minimum Gasteiger partial charge on any atom is -0.490 e. The zero-order valence-corrected chi connectivity index (χ0v) is 19.6. The van der Waals surface area contributed by atoms with E-state index in [2.05, 4.69) is 0 Å². The van der Waals surface area contributed by atoms with Crippen molar-refractivity contribution >= 4 is 27.5 Å². The Morgan fingerprint density at radius 3 is 2.35 bits per heavy atom. The topological polar surface area (TPSA) is 96.5 Å². The number of amides is 2. The van der Waals surface area contributed by atoms with Crippen LogP contribution < -0.4 is 14.4 Å². The highest BCUT2D eigenvalue weighted by Crippen LogP contribution is 2.33. The Bertz CT molecular complexity index is 1210. The molecule has 0 aromatic heterocycles. The minimum atomic E-state index is -3.73. The summed E-state index contributed by atoms with van der Waals surface area (Å²) in [6.45, 7) is 2.65. The van der Waals surface area contributed by atoms with Gasteiger partial charge in [0.25, 0.3) is 5.91 Å². The van der Waals surface area contributed by atoms with Gasteiger partial charge in [0.2, 0.25) is 15.9 Å². The van der Waals surface area contributed by atoms with Gasteiger partial charge >= 0.3 is 0 Å². The van der Waals surface area contributed by atoms with E-state index in [9.17, 15) is 18.0 Å². The standard InChI is InChI=1S/C24H27N3O6S/c28-23-6-2-9-27(23)19-5-1-4-18(16-19)24(29)25-10-12-26(13-11-25)34(30,31)20-7-8-21-22(17-20)33-15-3-14-32-21/h1,4-5,7-8,16-17H,2-3,6,9-15H2. The van der Waals surface area contributed by atoms with Crippen LogP contribution in [0.5, 0.6) is 11.5 Å². The Kier molecular flexibility index (Phi) is 6.18. The third-order valence-corrected chi connectivity index (χ3v) is 8.26. The maximum atomic E-state index is 13.2. The summed E-state index contributed by atoms with van der Waals surface area (Å²) in [6, 6.07) is 11.8. The van der Waals surface area contributed by atoms with E-state index in [1.165, 1.54) is 16.4 Å². The molecular formula is C24H27N3O6S. The largest absolute Gasteiger partial charge is 0.490 e. The van der Waals surface area contributed by atoms with Crippen LogP contribution in [0.15, 0.2) is 47.4 Å². The molecule has 10 heteroatoms. The molecule has 2 aromatic rings. The molecule has 2 fully saturated rings. The van der Waals surface area contributed by atoms with Gasteiger partial charge < -0.3 is 19.3 Å². The average Bonchev–Trinajstić information content (AvgIpc) is 3.15. The predicted molar refractivity (Wildman–Crippen MR) is 125 cm³/mol. The molecule has 2 saturated heterocycles. The highest BCUT2D eigenvalue weighted by Gasteiger charge is 2.32. The van der Waals surface area contributed by atoms with Gasteiger partial charge in [0.1, 0.15) is 0 Å². The number of fused-ring (bicyclic) bond motifs is 1. The van der Waals surface area contributed by atoms with Crippen LogP contribution in [0.2, 0.25) is 0 Å². The number of benzene rings is 2. The molecule has 3 aliphatic rings. The van der Waals surface area contributed by atoms with Crippen LogP contribution in [-0.2, 0) is 14.8 Å². The van der Waals surface area contributed by atoms with Crippen molar-refractivity contribution in [3.8, 4) is 11.5 Å². The zero-order chi connectivity index (χ0) is 23.7. The SMILES string of the molecule is O=C(c1cccc(N2CCCC2=O)c1)N1CCN(S(=O)(=O)c2ccc3c(c2)OCCCO3)CC1. The second-order valence-electron chi connectivity index (χ2n) is 8.55. The first-order valence-electron chi connectivity index (χ1n) is 11.5. The lowest BCUT2D eigenvalue weighted by molar-refractivity contribution is -0.117. The Labute approximate surface area is 198 Å². The Balaban J connectivity index is 1.26. The summed E-state index contributed by atoms with van der Waals surface area (Å²) in [6.07, 6.45) is 2.08. The van der Waals surface area contributed by atoms with Crippen molar-refractivity contribution in [2.75, 3.05) is 50.8 Å². The molecule has 0 spiro atoms. The van der Waals surface area contributed by atoms with E-state index < -0.39 is 10.0 Å². The fraction of sp³-hybridized carbons (Fsp3) is 0.417. The molecule has 0 aliphatic carbocycles. The van der Waals surface area contributed by atoms with Crippen molar-refractivity contribution < 1.29 is 27.5 Å². The van der Waals surface area contributed by atoms with Gasteiger partial charge in [0, 0.05) is 62.9 Å². The maximum Gasteiger partial charge on any atom is 0.254 e. The van der Waals surface area contributed by atoms with E-state index in [-0.39, 0.29) is 42.9 Å². The molecule has 3 heterocycles. The molecular weight excluding hydrogens is 458 g/mol. The fourth-order valence-electron chi connectivity index (χ4n) is 4.50. The van der Waals surface area contributed by atoms with Crippen LogP contribution in [0.3, 0.4) is 0 Å². The number of nitrogens with zero attached hydrogens (tertiary/aromatic N) is 3. The number of anilines is 1. The first kappa shape index (κ1) is 22.7. The molecule has 5 rings (SSSR count). The summed E-state index contributed by atoms with van der Waals surface area (Å²) in [7, 11) is -3.73. The van der Waals surface area contributed by atoms with Crippen molar-refractivity contribution in [3.05, 3.63) is 48.0 Å². The van der Waals surface area contributed by atoms with Crippen LogP contribution in [0.1, 0.15) is 29.6 Å². The molecule has 0 N–H and O–H groups in total. The van der Waals surface area contributed by atoms with E-state index >= 15 is 0 Å². The first-order valence-corrected chi connectivity index (χ1v) is 13.0. The van der Waals surface area contributed by atoms with E-state index in [4.69, 9.17) is 9.47 Å². The van der Waals surface area contributed by atoms with Crippen molar-refractivity contribution in [2.24, 2.45) is 0 Å². The van der Waals surface area contributed by atoms with Crippen molar-refractivity contribution in [1.82, 2.24) is 9.21 Å². The van der Waals surface area contributed by atoms with Gasteiger partial charge in [-0.05, 0) is 36.8 Å². The quantitative estimate of drug-likeness (QED) is 0.658. The number of ether oxygens (including phenoxy) is 2. The van der Waals surface area contributed by atoms with Gasteiger partial charge in [0.15, 0.2) is 11.5 Å².